The van der Waals surface area contributed by atoms with Gasteiger partial charge in [0.05, 0.1) is 23.8 Å². The largest absolute Gasteiger partial charge is 1.00 e. The summed E-state index contributed by atoms with van der Waals surface area (Å²) in [6.45, 7) is 3.89. The second-order valence-electron chi connectivity index (χ2n) is 5.84. The number of aryl methyl sites for hydroxylation is 1. The fourth-order valence-corrected chi connectivity index (χ4v) is 2.79. The number of nitrogens with zero attached hydrogens (tertiary/aromatic N) is 2. The van der Waals surface area contributed by atoms with Gasteiger partial charge in [-0.2, -0.15) is 0 Å². The van der Waals surface area contributed by atoms with Crippen LogP contribution in [0.15, 0.2) is 65.7 Å². The smallest absolute Gasteiger partial charge is 0.261 e. The summed E-state index contributed by atoms with van der Waals surface area (Å²) in [7, 11) is 0. The minimum Gasteiger partial charge on any atom is -1.00 e. The van der Waals surface area contributed by atoms with Crippen LogP contribution in [0.1, 0.15) is 24.9 Å². The van der Waals surface area contributed by atoms with Crippen LogP contribution in [0, 0.1) is 0 Å². The summed E-state index contributed by atoms with van der Waals surface area (Å²) in [5.74, 6) is 0. The van der Waals surface area contributed by atoms with Crippen molar-refractivity contribution in [3.63, 3.8) is 0 Å². The van der Waals surface area contributed by atoms with Crippen molar-refractivity contribution in [2.75, 3.05) is 6.54 Å². The fraction of sp³-hybridized carbons (Fsp3) is 0.263. The Labute approximate surface area is 148 Å². The van der Waals surface area contributed by atoms with Crippen LogP contribution in [-0.2, 0) is 6.54 Å². The van der Waals surface area contributed by atoms with Crippen LogP contribution in [0.3, 0.4) is 0 Å². The third kappa shape index (κ3) is 4.22. The molecule has 24 heavy (non-hydrogen) atoms. The predicted molar refractivity (Wildman–Crippen MR) is 92.3 cm³/mol. The van der Waals surface area contributed by atoms with Gasteiger partial charge in [0.25, 0.3) is 5.56 Å². The van der Waals surface area contributed by atoms with Crippen molar-refractivity contribution in [1.82, 2.24) is 9.55 Å². The maximum Gasteiger partial charge on any atom is 0.261 e. The molecule has 0 radical (unpaired) electrons. The van der Waals surface area contributed by atoms with Gasteiger partial charge in [0.15, 0.2) is 0 Å². The molecule has 0 aliphatic carbocycles. The number of para-hydroxylation sites is 1. The van der Waals surface area contributed by atoms with E-state index in [4.69, 9.17) is 0 Å². The monoisotopic (exact) mass is 343 g/mol. The lowest BCUT2D eigenvalue weighted by atomic mass is 10.1. The molecule has 4 nitrogen and oxygen atoms in total. The van der Waals surface area contributed by atoms with E-state index in [0.717, 1.165) is 18.5 Å². The lowest BCUT2D eigenvalue weighted by Crippen LogP contribution is -3.00. The van der Waals surface area contributed by atoms with Crippen LogP contribution in [0.25, 0.3) is 10.9 Å². The zero-order valence-corrected chi connectivity index (χ0v) is 14.5. The van der Waals surface area contributed by atoms with Gasteiger partial charge in [-0.1, -0.05) is 42.5 Å². The second kappa shape index (κ2) is 8.62. The van der Waals surface area contributed by atoms with Gasteiger partial charge in [-0.3, -0.25) is 9.36 Å². The average molecular weight is 344 g/mol. The molecule has 0 saturated carbocycles. The SMILES string of the molecule is CC([NH2+]CCCn1cnc2ccccc2c1=O)c1ccccc1.[Cl-]. The highest BCUT2D eigenvalue weighted by atomic mass is 35.5. The summed E-state index contributed by atoms with van der Waals surface area (Å²) in [6, 6.07) is 18.4. The molecule has 2 N–H and O–H groups in total. The highest BCUT2D eigenvalue weighted by molar-refractivity contribution is 5.76. The van der Waals surface area contributed by atoms with Crippen LogP contribution < -0.4 is 23.3 Å². The van der Waals surface area contributed by atoms with Crippen molar-refractivity contribution in [3.8, 4) is 0 Å². The Hall–Kier alpha value is -2.17. The number of nitrogens with two attached hydrogens (primary N) is 1. The van der Waals surface area contributed by atoms with Crippen molar-refractivity contribution in [2.45, 2.75) is 25.9 Å². The van der Waals surface area contributed by atoms with Gasteiger partial charge in [0.1, 0.15) is 6.04 Å². The van der Waals surface area contributed by atoms with E-state index in [2.05, 4.69) is 41.5 Å². The normalized spacial score (nSPS) is 11.9. The second-order valence-corrected chi connectivity index (χ2v) is 5.84. The molecule has 0 bridgehead atoms. The lowest BCUT2D eigenvalue weighted by Gasteiger charge is -2.11. The van der Waals surface area contributed by atoms with Crippen LogP contribution in [-0.4, -0.2) is 16.1 Å². The highest BCUT2D eigenvalue weighted by Crippen LogP contribution is 2.06. The number of hydrogen-bond donors (Lipinski definition) is 1. The standard InChI is InChI=1S/C19H21N3O.ClH/c1-15(16-8-3-2-4-9-16)20-12-7-13-22-14-21-18-11-6-5-10-17(18)19(22)23;/h2-6,8-11,14-15,20H,7,12-13H2,1H3;1H. The third-order valence-electron chi connectivity index (χ3n) is 4.18. The van der Waals surface area contributed by atoms with Gasteiger partial charge < -0.3 is 17.7 Å². The first kappa shape index (κ1) is 18.2. The predicted octanol–water partition coefficient (Wildman–Crippen LogP) is -0.885. The van der Waals surface area contributed by atoms with Crippen LogP contribution >= 0.6 is 0 Å². The van der Waals surface area contributed by atoms with Gasteiger partial charge in [0, 0.05) is 18.5 Å². The average Bonchev–Trinajstić information content (AvgIpc) is 2.61. The van der Waals surface area contributed by atoms with Crippen molar-refractivity contribution in [1.29, 1.82) is 0 Å². The number of quaternary nitrogens is 1. The molecule has 3 rings (SSSR count). The summed E-state index contributed by atoms with van der Waals surface area (Å²) in [4.78, 5) is 16.7. The summed E-state index contributed by atoms with van der Waals surface area (Å²) >= 11 is 0. The molecule has 0 spiro atoms. The van der Waals surface area contributed by atoms with E-state index in [0.29, 0.717) is 18.0 Å². The number of aromatic nitrogens is 2. The Morgan fingerprint density at radius 3 is 2.58 bits per heavy atom. The zero-order valence-electron chi connectivity index (χ0n) is 13.7. The fourth-order valence-electron chi connectivity index (χ4n) is 2.79. The number of benzene rings is 2. The highest BCUT2D eigenvalue weighted by Gasteiger charge is 2.07. The molecule has 0 aliphatic heterocycles. The summed E-state index contributed by atoms with van der Waals surface area (Å²) in [6.07, 6.45) is 2.60. The third-order valence-corrected chi connectivity index (χ3v) is 4.18. The van der Waals surface area contributed by atoms with E-state index >= 15 is 0 Å². The molecule has 0 fully saturated rings. The Kier molecular flexibility index (Phi) is 6.53. The molecule has 0 aliphatic rings. The molecular formula is C19H22ClN3O. The first-order valence-corrected chi connectivity index (χ1v) is 8.08. The van der Waals surface area contributed by atoms with E-state index in [1.54, 1.807) is 10.9 Å². The number of halogens is 1. The molecule has 1 aromatic heterocycles. The van der Waals surface area contributed by atoms with Crippen LogP contribution in [0.5, 0.6) is 0 Å². The minimum absolute atomic E-state index is 0. The van der Waals surface area contributed by atoms with E-state index in [1.165, 1.54) is 5.56 Å². The Bertz CT molecular complexity index is 833. The molecule has 126 valence electrons. The zero-order chi connectivity index (χ0) is 16.1. The summed E-state index contributed by atoms with van der Waals surface area (Å²) in [5.41, 5.74) is 2.14. The molecule has 1 heterocycles. The van der Waals surface area contributed by atoms with Crippen LogP contribution in [0.4, 0.5) is 0 Å². The van der Waals surface area contributed by atoms with Gasteiger partial charge in [0.2, 0.25) is 0 Å². The van der Waals surface area contributed by atoms with Gasteiger partial charge in [-0.25, -0.2) is 4.98 Å². The topological polar surface area (TPSA) is 51.5 Å². The Morgan fingerprint density at radius 2 is 1.79 bits per heavy atom. The van der Waals surface area contributed by atoms with E-state index in [9.17, 15) is 4.79 Å². The summed E-state index contributed by atoms with van der Waals surface area (Å²) < 4.78 is 1.71. The Morgan fingerprint density at radius 1 is 1.08 bits per heavy atom. The van der Waals surface area contributed by atoms with Gasteiger partial charge >= 0.3 is 0 Å². The van der Waals surface area contributed by atoms with E-state index in [1.807, 2.05) is 30.3 Å². The first-order chi connectivity index (χ1) is 11.3. The molecule has 0 saturated heterocycles. The first-order valence-electron chi connectivity index (χ1n) is 8.08. The van der Waals surface area contributed by atoms with Crippen molar-refractivity contribution in [3.05, 3.63) is 76.8 Å². The minimum atomic E-state index is 0. The van der Waals surface area contributed by atoms with Crippen LogP contribution in [0.2, 0.25) is 0 Å². The molecule has 1 unspecified atom stereocenters. The number of fused-ring (bicyclic) bond motifs is 1. The number of hydrogen-bond acceptors (Lipinski definition) is 2. The molecule has 0 amide bonds. The summed E-state index contributed by atoms with van der Waals surface area (Å²) in [5, 5.41) is 3.01. The molecular weight excluding hydrogens is 322 g/mol. The molecule has 3 aromatic rings. The maximum atomic E-state index is 12.4. The molecule has 5 heteroatoms. The van der Waals surface area contributed by atoms with Gasteiger partial charge in [-0.05, 0) is 19.1 Å². The lowest BCUT2D eigenvalue weighted by molar-refractivity contribution is -0.693. The quantitative estimate of drug-likeness (QED) is 0.591. The van der Waals surface area contributed by atoms with Gasteiger partial charge in [-0.15, -0.1) is 0 Å². The van der Waals surface area contributed by atoms with E-state index in [-0.39, 0.29) is 18.0 Å². The molecule has 2 aromatic carbocycles. The van der Waals surface area contributed by atoms with Crippen molar-refractivity contribution < 1.29 is 17.7 Å². The Balaban J connectivity index is 0.00000208. The maximum absolute atomic E-state index is 12.4. The van der Waals surface area contributed by atoms with Crippen molar-refractivity contribution in [2.24, 2.45) is 0 Å². The molecule has 1 atom stereocenters. The van der Waals surface area contributed by atoms with Crippen molar-refractivity contribution >= 4 is 10.9 Å². The number of rotatable bonds is 6. The van der Waals surface area contributed by atoms with E-state index < -0.39 is 0 Å².